The Morgan fingerprint density at radius 2 is 1.80 bits per heavy atom. The van der Waals surface area contributed by atoms with Crippen LogP contribution in [0.2, 0.25) is 0 Å². The summed E-state index contributed by atoms with van der Waals surface area (Å²) in [6.45, 7) is 7.57. The minimum Gasteiger partial charge on any atom is -0.475 e. The van der Waals surface area contributed by atoms with Crippen molar-refractivity contribution in [3.8, 4) is 0 Å². The summed E-state index contributed by atoms with van der Waals surface area (Å²) < 4.78 is 31.7. The highest BCUT2D eigenvalue weighted by Crippen LogP contribution is 2.42. The molecule has 3 heterocycles. The number of likely N-dealkylation sites (tertiary alicyclic amines) is 1. The van der Waals surface area contributed by atoms with Gasteiger partial charge in [-0.05, 0) is 44.0 Å². The molecule has 0 atom stereocenters. The van der Waals surface area contributed by atoms with E-state index in [9.17, 15) is 18.0 Å². The molecule has 1 N–H and O–H groups in total. The van der Waals surface area contributed by atoms with Crippen molar-refractivity contribution in [2.24, 2.45) is 0 Å². The van der Waals surface area contributed by atoms with E-state index in [1.807, 2.05) is 14.1 Å². The van der Waals surface area contributed by atoms with E-state index in [0.29, 0.717) is 6.54 Å². The number of halogens is 3. The van der Waals surface area contributed by atoms with E-state index < -0.39 is 12.1 Å². The highest BCUT2D eigenvalue weighted by molar-refractivity contribution is 7.09. The van der Waals surface area contributed by atoms with Gasteiger partial charge in [-0.1, -0.05) is 24.3 Å². The zero-order valence-corrected chi connectivity index (χ0v) is 21.0. The number of aromatic nitrogens is 1. The summed E-state index contributed by atoms with van der Waals surface area (Å²) >= 11 is 1.73. The van der Waals surface area contributed by atoms with Crippen LogP contribution in [0.1, 0.15) is 34.7 Å². The molecule has 1 saturated heterocycles. The van der Waals surface area contributed by atoms with Crippen molar-refractivity contribution in [3.63, 3.8) is 0 Å². The van der Waals surface area contributed by atoms with Crippen LogP contribution in [0.3, 0.4) is 0 Å². The minimum absolute atomic E-state index is 0.192. The van der Waals surface area contributed by atoms with Gasteiger partial charge in [0.25, 0.3) is 0 Å². The second kappa shape index (κ2) is 11.0. The van der Waals surface area contributed by atoms with Gasteiger partial charge < -0.3 is 10.0 Å². The third kappa shape index (κ3) is 7.02. The first-order valence-corrected chi connectivity index (χ1v) is 12.2. The molecule has 11 heteroatoms. The zero-order valence-electron chi connectivity index (χ0n) is 20.1. The van der Waals surface area contributed by atoms with Gasteiger partial charge in [-0.2, -0.15) is 13.2 Å². The Morgan fingerprint density at radius 3 is 2.34 bits per heavy atom. The van der Waals surface area contributed by atoms with Gasteiger partial charge >= 0.3 is 12.1 Å². The number of benzene rings is 1. The van der Waals surface area contributed by atoms with Crippen LogP contribution < -0.4 is 0 Å². The van der Waals surface area contributed by atoms with Gasteiger partial charge in [-0.3, -0.25) is 14.6 Å². The molecule has 7 nitrogen and oxygen atoms in total. The number of carboxylic acid groups (broad SMARTS) is 1. The molecule has 0 unspecified atom stereocenters. The summed E-state index contributed by atoms with van der Waals surface area (Å²) in [4.78, 5) is 32.3. The van der Waals surface area contributed by atoms with Gasteiger partial charge in [-0.25, -0.2) is 9.78 Å². The quantitative estimate of drug-likeness (QED) is 0.676. The number of aryl methyl sites for hydroxylation is 1. The molecule has 0 saturated carbocycles. The Kier molecular flexibility index (Phi) is 8.55. The second-order valence-corrected chi connectivity index (χ2v) is 10.4. The van der Waals surface area contributed by atoms with Crippen LogP contribution in [-0.2, 0) is 28.1 Å². The van der Waals surface area contributed by atoms with Gasteiger partial charge in [-0.15, -0.1) is 11.3 Å². The largest absolute Gasteiger partial charge is 0.490 e. The molecule has 192 valence electrons. The molecule has 1 aromatic heterocycles. The van der Waals surface area contributed by atoms with Crippen LogP contribution in [0, 0.1) is 6.92 Å². The number of hydrogen-bond donors (Lipinski definition) is 1. The lowest BCUT2D eigenvalue weighted by atomic mass is 9.69. The Bertz CT molecular complexity index is 1030. The SMILES string of the molecule is Cc1nc(CN2Cc3ccccc3C3(CCN(CC(=O)N(C)C)CC3)C2)cs1.O=C(O)C(F)(F)F. The third-order valence-electron chi connectivity index (χ3n) is 6.47. The van der Waals surface area contributed by atoms with E-state index in [1.165, 1.54) is 16.8 Å². The first kappa shape index (κ1) is 27.1. The van der Waals surface area contributed by atoms with Gasteiger partial charge in [0, 0.05) is 44.5 Å². The highest BCUT2D eigenvalue weighted by Gasteiger charge is 2.42. The van der Waals surface area contributed by atoms with E-state index in [1.54, 1.807) is 16.2 Å². The van der Waals surface area contributed by atoms with E-state index in [4.69, 9.17) is 9.90 Å². The molecule has 1 fully saturated rings. The molecule has 0 radical (unpaired) electrons. The topological polar surface area (TPSA) is 77.0 Å². The van der Waals surface area contributed by atoms with Gasteiger partial charge in [0.1, 0.15) is 0 Å². The molecule has 1 amide bonds. The number of hydrogen-bond acceptors (Lipinski definition) is 6. The lowest BCUT2D eigenvalue weighted by Gasteiger charge is -2.48. The fraction of sp³-hybridized carbons (Fsp3) is 0.542. The number of carbonyl (C=O) groups excluding carboxylic acids is 1. The van der Waals surface area contributed by atoms with Crippen LogP contribution in [0.15, 0.2) is 29.6 Å². The van der Waals surface area contributed by atoms with E-state index >= 15 is 0 Å². The standard InChI is InChI=1S/C22H30N4OS.C2HF3O2/c1-17-23-19(15-28-17)13-26-12-18-6-4-5-7-20(18)22(16-26)8-10-25(11-9-22)14-21(27)24(2)3;3-2(4,5)1(6)7/h4-7,15H,8-14,16H2,1-3H3;(H,6,7). The molecule has 2 aliphatic rings. The number of amides is 1. The average molecular weight is 513 g/mol. The number of nitrogens with zero attached hydrogens (tertiary/aromatic N) is 4. The Balaban J connectivity index is 0.000000429. The summed E-state index contributed by atoms with van der Waals surface area (Å²) in [6, 6.07) is 8.97. The average Bonchev–Trinajstić information content (AvgIpc) is 3.19. The summed E-state index contributed by atoms with van der Waals surface area (Å²) in [5.41, 5.74) is 4.36. The van der Waals surface area contributed by atoms with Gasteiger partial charge in [0.2, 0.25) is 5.91 Å². The Morgan fingerprint density at radius 1 is 1.17 bits per heavy atom. The van der Waals surface area contributed by atoms with Crippen molar-refractivity contribution < 1.29 is 27.9 Å². The van der Waals surface area contributed by atoms with E-state index in [0.717, 1.165) is 50.6 Å². The van der Waals surface area contributed by atoms with Crippen molar-refractivity contribution in [2.75, 3.05) is 40.3 Å². The van der Waals surface area contributed by atoms with Crippen molar-refractivity contribution in [1.29, 1.82) is 0 Å². The summed E-state index contributed by atoms with van der Waals surface area (Å²) in [5.74, 6) is -2.56. The Labute approximate surface area is 207 Å². The molecule has 35 heavy (non-hydrogen) atoms. The maximum atomic E-state index is 12.1. The number of thiazole rings is 1. The molecule has 1 aromatic carbocycles. The first-order valence-electron chi connectivity index (χ1n) is 11.3. The van der Waals surface area contributed by atoms with Crippen LogP contribution in [0.25, 0.3) is 0 Å². The molecule has 2 aromatic rings. The number of fused-ring (bicyclic) bond motifs is 2. The second-order valence-electron chi connectivity index (χ2n) is 9.31. The summed E-state index contributed by atoms with van der Waals surface area (Å²) in [6.07, 6.45) is -2.87. The van der Waals surface area contributed by atoms with Crippen molar-refractivity contribution in [1.82, 2.24) is 19.7 Å². The number of likely N-dealkylation sites (N-methyl/N-ethyl adjacent to an activating group) is 1. The first-order chi connectivity index (χ1) is 16.4. The van der Waals surface area contributed by atoms with Gasteiger partial charge in [0.15, 0.2) is 0 Å². The molecular formula is C24H31F3N4O3S. The number of carbonyl (C=O) groups is 2. The third-order valence-corrected chi connectivity index (χ3v) is 7.30. The van der Waals surface area contributed by atoms with Crippen LogP contribution >= 0.6 is 11.3 Å². The van der Waals surface area contributed by atoms with E-state index in [-0.39, 0.29) is 11.3 Å². The molecule has 4 rings (SSSR count). The zero-order chi connectivity index (χ0) is 25.8. The van der Waals surface area contributed by atoms with Crippen molar-refractivity contribution >= 4 is 23.2 Å². The Hall–Kier alpha value is -2.50. The lowest BCUT2D eigenvalue weighted by Crippen LogP contribution is -2.52. The van der Waals surface area contributed by atoms with Crippen molar-refractivity contribution in [2.45, 2.75) is 44.4 Å². The van der Waals surface area contributed by atoms with Gasteiger partial charge in [0.05, 0.1) is 17.2 Å². The number of rotatable bonds is 4. The fourth-order valence-electron chi connectivity index (χ4n) is 4.71. The lowest BCUT2D eigenvalue weighted by molar-refractivity contribution is -0.192. The highest BCUT2D eigenvalue weighted by atomic mass is 32.1. The number of alkyl halides is 3. The normalized spacial score (nSPS) is 17.9. The molecule has 1 spiro atoms. The monoisotopic (exact) mass is 512 g/mol. The predicted octanol–water partition coefficient (Wildman–Crippen LogP) is 3.52. The van der Waals surface area contributed by atoms with Crippen LogP contribution in [0.4, 0.5) is 13.2 Å². The van der Waals surface area contributed by atoms with Crippen LogP contribution in [-0.4, -0.2) is 83.1 Å². The maximum Gasteiger partial charge on any atom is 0.490 e. The predicted molar refractivity (Wildman–Crippen MR) is 127 cm³/mol. The molecule has 2 aliphatic heterocycles. The summed E-state index contributed by atoms with van der Waals surface area (Å²) in [5, 5.41) is 10.5. The fourth-order valence-corrected chi connectivity index (χ4v) is 5.31. The van der Waals surface area contributed by atoms with E-state index in [2.05, 4.69) is 51.4 Å². The number of carboxylic acids is 1. The molecule has 0 aliphatic carbocycles. The van der Waals surface area contributed by atoms with Crippen LogP contribution in [0.5, 0.6) is 0 Å². The van der Waals surface area contributed by atoms with Crippen molar-refractivity contribution in [3.05, 3.63) is 51.5 Å². The maximum absolute atomic E-state index is 12.1. The number of piperidine rings is 1. The summed E-state index contributed by atoms with van der Waals surface area (Å²) in [7, 11) is 3.67. The molecular weight excluding hydrogens is 481 g/mol. The minimum atomic E-state index is -5.08. The number of aliphatic carboxylic acids is 1. The smallest absolute Gasteiger partial charge is 0.475 e. The molecule has 0 bridgehead atoms.